The van der Waals surface area contributed by atoms with Gasteiger partial charge < -0.3 is 15.5 Å². The maximum atomic E-state index is 12.3. The lowest BCUT2D eigenvalue weighted by molar-refractivity contribution is 0.262. The van der Waals surface area contributed by atoms with Gasteiger partial charge in [-0.1, -0.05) is 35.3 Å². The molecule has 4 rings (SSSR count). The number of nitrogens with one attached hydrogen (secondary N) is 2. The molecule has 2 amide bonds. The van der Waals surface area contributed by atoms with Gasteiger partial charge >= 0.3 is 6.03 Å². The molecule has 0 radical (unpaired) electrons. The molecule has 29 heavy (non-hydrogen) atoms. The largest absolute Gasteiger partial charge is 0.323 e. The van der Waals surface area contributed by atoms with Crippen LogP contribution in [0.3, 0.4) is 0 Å². The first-order valence-electron chi connectivity index (χ1n) is 9.24. The number of halogens is 2. The van der Waals surface area contributed by atoms with Gasteiger partial charge in [0, 0.05) is 52.8 Å². The van der Waals surface area contributed by atoms with E-state index in [0.717, 1.165) is 35.5 Å². The predicted molar refractivity (Wildman–Crippen MR) is 118 cm³/mol. The molecule has 2 heterocycles. The van der Waals surface area contributed by atoms with Crippen LogP contribution in [0.1, 0.15) is 22.6 Å². The highest BCUT2D eigenvalue weighted by Gasteiger charge is 2.27. The standard InChI is InChI=1S/C22H20Cl2N4O/c1-28-12-19(18-10-15(23)11-21(24)20(18)13-28)14-3-2-4-17(9-14)27-22(29)26-16-5-7-25-8-6-16/h2-11,19H,12-13H2,1H3,(H2,25,26,27,29). The molecule has 5 nitrogen and oxygen atoms in total. The lowest BCUT2D eigenvalue weighted by Gasteiger charge is -2.33. The number of amides is 2. The number of hydrogen-bond donors (Lipinski definition) is 2. The maximum Gasteiger partial charge on any atom is 0.323 e. The van der Waals surface area contributed by atoms with Crippen molar-refractivity contribution in [1.29, 1.82) is 0 Å². The van der Waals surface area contributed by atoms with Crippen LogP contribution >= 0.6 is 23.2 Å². The Labute approximate surface area is 179 Å². The molecule has 2 aromatic carbocycles. The van der Waals surface area contributed by atoms with Crippen LogP contribution in [-0.4, -0.2) is 29.5 Å². The first-order valence-corrected chi connectivity index (χ1v) is 9.99. The van der Waals surface area contributed by atoms with Gasteiger partial charge in [-0.25, -0.2) is 4.79 Å². The van der Waals surface area contributed by atoms with Crippen molar-refractivity contribution in [3.05, 3.63) is 87.7 Å². The van der Waals surface area contributed by atoms with Gasteiger partial charge in [0.1, 0.15) is 0 Å². The number of anilines is 2. The van der Waals surface area contributed by atoms with Crippen LogP contribution < -0.4 is 10.6 Å². The van der Waals surface area contributed by atoms with Crippen LogP contribution in [0.5, 0.6) is 0 Å². The fourth-order valence-corrected chi connectivity index (χ4v) is 4.26. The van der Waals surface area contributed by atoms with Gasteiger partial charge in [0.15, 0.2) is 0 Å². The Morgan fingerprint density at radius 1 is 1.07 bits per heavy atom. The summed E-state index contributed by atoms with van der Waals surface area (Å²) in [6.45, 7) is 1.63. The molecule has 2 N–H and O–H groups in total. The normalized spacial score (nSPS) is 16.2. The van der Waals surface area contributed by atoms with Gasteiger partial charge in [-0.05, 0) is 60.1 Å². The van der Waals surface area contributed by atoms with Crippen molar-refractivity contribution < 1.29 is 4.79 Å². The number of rotatable bonds is 3. The van der Waals surface area contributed by atoms with Crippen LogP contribution in [0, 0.1) is 0 Å². The summed E-state index contributed by atoms with van der Waals surface area (Å²) in [6.07, 6.45) is 3.26. The van der Waals surface area contributed by atoms with Crippen molar-refractivity contribution in [3.63, 3.8) is 0 Å². The van der Waals surface area contributed by atoms with Crippen molar-refractivity contribution in [2.24, 2.45) is 0 Å². The summed E-state index contributed by atoms with van der Waals surface area (Å²) in [6, 6.07) is 14.8. The van der Waals surface area contributed by atoms with Crippen molar-refractivity contribution in [2.45, 2.75) is 12.5 Å². The van der Waals surface area contributed by atoms with Crippen LogP contribution in [0.25, 0.3) is 0 Å². The number of likely N-dealkylation sites (N-methyl/N-ethyl adjacent to an activating group) is 1. The fourth-order valence-electron chi connectivity index (χ4n) is 3.69. The minimum Gasteiger partial charge on any atom is -0.308 e. The molecule has 148 valence electrons. The highest BCUT2D eigenvalue weighted by Crippen LogP contribution is 2.38. The number of carbonyl (C=O) groups excluding carboxylic acids is 1. The van der Waals surface area contributed by atoms with E-state index in [4.69, 9.17) is 23.2 Å². The van der Waals surface area contributed by atoms with E-state index in [0.29, 0.717) is 15.7 Å². The molecule has 1 aliphatic heterocycles. The minimum absolute atomic E-state index is 0.116. The summed E-state index contributed by atoms with van der Waals surface area (Å²) in [5.74, 6) is 0.116. The molecular formula is C22H20Cl2N4O. The van der Waals surface area contributed by atoms with Crippen molar-refractivity contribution in [2.75, 3.05) is 24.2 Å². The van der Waals surface area contributed by atoms with E-state index >= 15 is 0 Å². The maximum absolute atomic E-state index is 12.3. The lowest BCUT2D eigenvalue weighted by atomic mass is 9.84. The molecule has 0 saturated heterocycles. The Morgan fingerprint density at radius 2 is 1.83 bits per heavy atom. The monoisotopic (exact) mass is 426 g/mol. The van der Waals surface area contributed by atoms with E-state index in [-0.39, 0.29) is 11.9 Å². The Morgan fingerprint density at radius 3 is 2.62 bits per heavy atom. The number of hydrogen-bond acceptors (Lipinski definition) is 3. The summed E-state index contributed by atoms with van der Waals surface area (Å²) in [5, 5.41) is 7.01. The van der Waals surface area contributed by atoms with Crippen molar-refractivity contribution >= 4 is 40.6 Å². The smallest absolute Gasteiger partial charge is 0.308 e. The lowest BCUT2D eigenvalue weighted by Crippen LogP contribution is -2.31. The number of aromatic nitrogens is 1. The van der Waals surface area contributed by atoms with E-state index in [1.807, 2.05) is 24.3 Å². The Hall–Kier alpha value is -2.60. The van der Waals surface area contributed by atoms with Gasteiger partial charge in [0.25, 0.3) is 0 Å². The number of pyridine rings is 1. The highest BCUT2D eigenvalue weighted by molar-refractivity contribution is 6.35. The van der Waals surface area contributed by atoms with E-state index in [9.17, 15) is 4.79 Å². The molecule has 7 heteroatoms. The van der Waals surface area contributed by atoms with Crippen LogP contribution in [-0.2, 0) is 6.54 Å². The second-order valence-electron chi connectivity index (χ2n) is 7.15. The molecule has 1 aromatic heterocycles. The second kappa shape index (κ2) is 8.41. The zero-order valence-corrected chi connectivity index (χ0v) is 17.3. The first-order chi connectivity index (χ1) is 14.0. The third kappa shape index (κ3) is 4.53. The van der Waals surface area contributed by atoms with Crippen molar-refractivity contribution in [1.82, 2.24) is 9.88 Å². The Kier molecular flexibility index (Phi) is 5.72. The average Bonchev–Trinajstić information content (AvgIpc) is 2.69. The van der Waals surface area contributed by atoms with Crippen LogP contribution in [0.2, 0.25) is 10.0 Å². The number of benzene rings is 2. The third-order valence-corrected chi connectivity index (χ3v) is 5.53. The quantitative estimate of drug-likeness (QED) is 0.571. The van der Waals surface area contributed by atoms with E-state index in [1.54, 1.807) is 30.6 Å². The molecule has 3 aromatic rings. The summed E-state index contributed by atoms with van der Waals surface area (Å²) in [7, 11) is 2.07. The summed E-state index contributed by atoms with van der Waals surface area (Å²) >= 11 is 12.7. The van der Waals surface area contributed by atoms with E-state index in [1.165, 1.54) is 0 Å². The molecule has 0 aliphatic carbocycles. The van der Waals surface area contributed by atoms with E-state index in [2.05, 4.69) is 33.6 Å². The summed E-state index contributed by atoms with van der Waals surface area (Å²) in [5.41, 5.74) is 4.73. The molecular weight excluding hydrogens is 407 g/mol. The molecule has 0 fully saturated rings. The molecule has 1 unspecified atom stereocenters. The molecule has 1 atom stereocenters. The van der Waals surface area contributed by atoms with Gasteiger partial charge in [0.05, 0.1) is 0 Å². The van der Waals surface area contributed by atoms with Gasteiger partial charge in [-0.3, -0.25) is 4.98 Å². The fraction of sp³-hybridized carbons (Fsp3) is 0.182. The predicted octanol–water partition coefficient (Wildman–Crippen LogP) is 5.61. The summed E-state index contributed by atoms with van der Waals surface area (Å²) in [4.78, 5) is 18.5. The SMILES string of the molecule is CN1Cc2c(Cl)cc(Cl)cc2C(c2cccc(NC(=O)Nc3ccncc3)c2)C1. The summed E-state index contributed by atoms with van der Waals surface area (Å²) < 4.78 is 0. The van der Waals surface area contributed by atoms with Gasteiger partial charge in [0.2, 0.25) is 0 Å². The van der Waals surface area contributed by atoms with E-state index < -0.39 is 0 Å². The zero-order chi connectivity index (χ0) is 20.4. The van der Waals surface area contributed by atoms with Gasteiger partial charge in [-0.2, -0.15) is 0 Å². The third-order valence-electron chi connectivity index (χ3n) is 4.98. The molecule has 1 aliphatic rings. The number of nitrogens with zero attached hydrogens (tertiary/aromatic N) is 2. The number of urea groups is 1. The molecule has 0 saturated carbocycles. The van der Waals surface area contributed by atoms with Crippen molar-refractivity contribution in [3.8, 4) is 0 Å². The van der Waals surface area contributed by atoms with Crippen LogP contribution in [0.4, 0.5) is 16.2 Å². The zero-order valence-electron chi connectivity index (χ0n) is 15.8. The highest BCUT2D eigenvalue weighted by atomic mass is 35.5. The topological polar surface area (TPSA) is 57.3 Å². The minimum atomic E-state index is -0.305. The number of carbonyl (C=O) groups is 1. The molecule has 0 bridgehead atoms. The Balaban J connectivity index is 1.59. The first kappa shape index (κ1) is 19.7. The average molecular weight is 427 g/mol. The van der Waals surface area contributed by atoms with Crippen LogP contribution in [0.15, 0.2) is 60.9 Å². The second-order valence-corrected chi connectivity index (χ2v) is 7.99. The van der Waals surface area contributed by atoms with Gasteiger partial charge in [-0.15, -0.1) is 0 Å². The molecule has 0 spiro atoms. The Bertz CT molecular complexity index is 1040. The number of fused-ring (bicyclic) bond motifs is 1.